The lowest BCUT2D eigenvalue weighted by molar-refractivity contribution is 0.0943. The van der Waals surface area contributed by atoms with Gasteiger partial charge >= 0.3 is 0 Å². The minimum atomic E-state index is -0.531. The summed E-state index contributed by atoms with van der Waals surface area (Å²) in [4.78, 5) is 11.8. The SMILES string of the molecule is CC1CCC(CNC(=O)c2cc(Cl)ccc2F)C1. The zero-order valence-corrected chi connectivity index (χ0v) is 11.1. The fourth-order valence-corrected chi connectivity index (χ4v) is 2.69. The first kappa shape index (κ1) is 13.3. The molecule has 2 atom stereocenters. The van der Waals surface area contributed by atoms with Gasteiger partial charge in [-0.1, -0.05) is 24.9 Å². The van der Waals surface area contributed by atoms with E-state index < -0.39 is 5.82 Å². The molecule has 1 aromatic carbocycles. The number of hydrogen-bond acceptors (Lipinski definition) is 1. The van der Waals surface area contributed by atoms with E-state index in [-0.39, 0.29) is 11.5 Å². The van der Waals surface area contributed by atoms with Gasteiger partial charge in [-0.2, -0.15) is 0 Å². The highest BCUT2D eigenvalue weighted by atomic mass is 35.5. The second-order valence-corrected chi connectivity index (χ2v) is 5.55. The lowest BCUT2D eigenvalue weighted by atomic mass is 10.1. The largest absolute Gasteiger partial charge is 0.352 e. The summed E-state index contributed by atoms with van der Waals surface area (Å²) >= 11 is 5.76. The molecule has 98 valence electrons. The number of nitrogens with one attached hydrogen (secondary N) is 1. The van der Waals surface area contributed by atoms with E-state index in [4.69, 9.17) is 11.6 Å². The second kappa shape index (κ2) is 5.70. The van der Waals surface area contributed by atoms with E-state index in [9.17, 15) is 9.18 Å². The van der Waals surface area contributed by atoms with Gasteiger partial charge in [-0.15, -0.1) is 0 Å². The second-order valence-electron chi connectivity index (χ2n) is 5.12. The molecule has 1 amide bonds. The van der Waals surface area contributed by atoms with Gasteiger partial charge in [0.05, 0.1) is 5.56 Å². The third-order valence-corrected chi connectivity index (χ3v) is 3.76. The average Bonchev–Trinajstić information content (AvgIpc) is 2.75. The van der Waals surface area contributed by atoms with Crippen LogP contribution in [-0.4, -0.2) is 12.5 Å². The first-order valence-corrected chi connectivity index (χ1v) is 6.67. The predicted molar refractivity (Wildman–Crippen MR) is 70.2 cm³/mol. The van der Waals surface area contributed by atoms with Gasteiger partial charge in [-0.3, -0.25) is 4.79 Å². The van der Waals surface area contributed by atoms with Gasteiger partial charge in [0, 0.05) is 11.6 Å². The Hall–Kier alpha value is -1.09. The lowest BCUT2D eigenvalue weighted by Gasteiger charge is -2.11. The van der Waals surface area contributed by atoms with Crippen LogP contribution in [0, 0.1) is 17.7 Å². The molecule has 0 saturated heterocycles. The van der Waals surface area contributed by atoms with Crippen LogP contribution in [-0.2, 0) is 0 Å². The molecule has 2 unspecified atom stereocenters. The van der Waals surface area contributed by atoms with Crippen LogP contribution in [0.3, 0.4) is 0 Å². The number of carbonyl (C=O) groups excluding carboxylic acids is 1. The van der Waals surface area contributed by atoms with Crippen LogP contribution in [0.4, 0.5) is 4.39 Å². The molecule has 0 aromatic heterocycles. The summed E-state index contributed by atoms with van der Waals surface area (Å²) in [5, 5.41) is 3.16. The number of amides is 1. The fraction of sp³-hybridized carbons (Fsp3) is 0.500. The van der Waals surface area contributed by atoms with Crippen molar-refractivity contribution in [1.82, 2.24) is 5.32 Å². The first-order chi connectivity index (χ1) is 8.56. The molecule has 2 rings (SSSR count). The van der Waals surface area contributed by atoms with E-state index in [2.05, 4.69) is 12.2 Å². The maximum Gasteiger partial charge on any atom is 0.254 e. The van der Waals surface area contributed by atoms with Crippen LogP contribution in [0.2, 0.25) is 5.02 Å². The molecule has 1 N–H and O–H groups in total. The van der Waals surface area contributed by atoms with Gasteiger partial charge in [0.25, 0.3) is 5.91 Å². The molecule has 0 radical (unpaired) electrons. The number of hydrogen-bond donors (Lipinski definition) is 1. The van der Waals surface area contributed by atoms with Gasteiger partial charge < -0.3 is 5.32 Å². The Morgan fingerprint density at radius 3 is 2.94 bits per heavy atom. The van der Waals surface area contributed by atoms with E-state index >= 15 is 0 Å². The molecule has 1 saturated carbocycles. The lowest BCUT2D eigenvalue weighted by Crippen LogP contribution is -2.29. The molecule has 0 spiro atoms. The van der Waals surface area contributed by atoms with Crippen molar-refractivity contribution in [2.75, 3.05) is 6.54 Å². The number of benzene rings is 1. The van der Waals surface area contributed by atoms with E-state index in [1.807, 2.05) is 0 Å². The van der Waals surface area contributed by atoms with E-state index in [0.29, 0.717) is 17.5 Å². The molecule has 0 aliphatic heterocycles. The highest BCUT2D eigenvalue weighted by molar-refractivity contribution is 6.30. The summed E-state index contributed by atoms with van der Waals surface area (Å²) in [5.41, 5.74) is 0.0218. The van der Waals surface area contributed by atoms with Crippen molar-refractivity contribution in [2.24, 2.45) is 11.8 Å². The van der Waals surface area contributed by atoms with E-state index in [0.717, 1.165) is 18.8 Å². The summed E-state index contributed by atoms with van der Waals surface area (Å²) in [6.07, 6.45) is 3.49. The number of rotatable bonds is 3. The van der Waals surface area contributed by atoms with Crippen molar-refractivity contribution < 1.29 is 9.18 Å². The Morgan fingerprint density at radius 2 is 2.28 bits per heavy atom. The zero-order chi connectivity index (χ0) is 13.1. The van der Waals surface area contributed by atoms with Gasteiger partial charge in [0.2, 0.25) is 0 Å². The van der Waals surface area contributed by atoms with Gasteiger partial charge in [-0.05, 0) is 42.9 Å². The van der Waals surface area contributed by atoms with Crippen molar-refractivity contribution >= 4 is 17.5 Å². The summed E-state index contributed by atoms with van der Waals surface area (Å²) in [5.74, 6) is 0.340. The van der Waals surface area contributed by atoms with Crippen LogP contribution >= 0.6 is 11.6 Å². The molecular formula is C14H17ClFNO. The van der Waals surface area contributed by atoms with Gasteiger partial charge in [0.15, 0.2) is 0 Å². The van der Waals surface area contributed by atoms with Crippen molar-refractivity contribution in [3.05, 3.63) is 34.6 Å². The third kappa shape index (κ3) is 3.22. The first-order valence-electron chi connectivity index (χ1n) is 6.29. The van der Waals surface area contributed by atoms with Crippen LogP contribution in [0.1, 0.15) is 36.5 Å². The Kier molecular flexibility index (Phi) is 4.23. The zero-order valence-electron chi connectivity index (χ0n) is 10.4. The van der Waals surface area contributed by atoms with E-state index in [1.165, 1.54) is 24.6 Å². The van der Waals surface area contributed by atoms with Crippen molar-refractivity contribution in [3.8, 4) is 0 Å². The fourth-order valence-electron chi connectivity index (χ4n) is 2.51. The Balaban J connectivity index is 1.93. The number of halogens is 2. The maximum atomic E-state index is 13.5. The third-order valence-electron chi connectivity index (χ3n) is 3.53. The molecule has 2 nitrogen and oxygen atoms in total. The number of carbonyl (C=O) groups is 1. The molecule has 1 aliphatic rings. The van der Waals surface area contributed by atoms with Crippen LogP contribution in [0.5, 0.6) is 0 Å². The van der Waals surface area contributed by atoms with Crippen molar-refractivity contribution in [1.29, 1.82) is 0 Å². The molecule has 4 heteroatoms. The normalized spacial score (nSPS) is 23.1. The molecule has 1 aromatic rings. The smallest absolute Gasteiger partial charge is 0.254 e. The Labute approximate surface area is 112 Å². The summed E-state index contributed by atoms with van der Waals surface area (Å²) in [6.45, 7) is 2.84. The topological polar surface area (TPSA) is 29.1 Å². The molecule has 0 bridgehead atoms. The quantitative estimate of drug-likeness (QED) is 0.892. The monoisotopic (exact) mass is 269 g/mol. The molecule has 0 heterocycles. The summed E-state index contributed by atoms with van der Waals surface area (Å²) in [6, 6.07) is 4.02. The standard InChI is InChI=1S/C14H17ClFNO/c1-9-2-3-10(6-9)8-17-14(18)12-7-11(15)4-5-13(12)16/h4-5,7,9-10H,2-3,6,8H2,1H3,(H,17,18). The Morgan fingerprint density at radius 1 is 1.50 bits per heavy atom. The predicted octanol–water partition coefficient (Wildman–Crippen LogP) is 3.65. The highest BCUT2D eigenvalue weighted by Gasteiger charge is 2.22. The summed E-state index contributed by atoms with van der Waals surface area (Å²) < 4.78 is 13.5. The minimum absolute atomic E-state index is 0.0218. The van der Waals surface area contributed by atoms with Crippen molar-refractivity contribution in [3.63, 3.8) is 0 Å². The van der Waals surface area contributed by atoms with Crippen molar-refractivity contribution in [2.45, 2.75) is 26.2 Å². The van der Waals surface area contributed by atoms with Gasteiger partial charge in [-0.25, -0.2) is 4.39 Å². The van der Waals surface area contributed by atoms with Crippen LogP contribution in [0.15, 0.2) is 18.2 Å². The molecule has 1 fully saturated rings. The Bertz CT molecular complexity index is 449. The summed E-state index contributed by atoms with van der Waals surface area (Å²) in [7, 11) is 0. The van der Waals surface area contributed by atoms with Crippen LogP contribution < -0.4 is 5.32 Å². The molecule has 18 heavy (non-hydrogen) atoms. The molecular weight excluding hydrogens is 253 g/mol. The minimum Gasteiger partial charge on any atom is -0.352 e. The average molecular weight is 270 g/mol. The van der Waals surface area contributed by atoms with E-state index in [1.54, 1.807) is 0 Å². The molecule has 1 aliphatic carbocycles. The highest BCUT2D eigenvalue weighted by Crippen LogP contribution is 2.29. The maximum absolute atomic E-state index is 13.5. The van der Waals surface area contributed by atoms with Crippen LogP contribution in [0.25, 0.3) is 0 Å². The van der Waals surface area contributed by atoms with Gasteiger partial charge in [0.1, 0.15) is 5.82 Å².